The molecule has 0 aromatic carbocycles. The van der Waals surface area contributed by atoms with Gasteiger partial charge in [0.25, 0.3) is 0 Å². The second-order valence-corrected chi connectivity index (χ2v) is 3.33. The second-order valence-electron chi connectivity index (χ2n) is 3.33. The van der Waals surface area contributed by atoms with E-state index in [2.05, 4.69) is 0 Å². The lowest BCUT2D eigenvalue weighted by atomic mass is 9.88. The van der Waals surface area contributed by atoms with E-state index in [1.54, 1.807) is 6.26 Å². The first-order valence-electron chi connectivity index (χ1n) is 4.47. The van der Waals surface area contributed by atoms with Crippen LogP contribution in [0.25, 0.3) is 0 Å². The molecule has 1 fully saturated rings. The van der Waals surface area contributed by atoms with Gasteiger partial charge in [0.15, 0.2) is 19.2 Å². The maximum atomic E-state index is 5.61. The summed E-state index contributed by atoms with van der Waals surface area (Å²) < 4.78 is 21.4. The third-order valence-electron chi connectivity index (χ3n) is 2.57. The van der Waals surface area contributed by atoms with E-state index in [-0.39, 0.29) is 6.79 Å². The molecule has 2 heterocycles. The maximum Gasteiger partial charge on any atom is 0.189 e. The standard InChI is InChI=1S/C10H10O4/c1-2-8-4-11-7-14-10(8)5-12-6-13-9(10)3-1/h1-4H,5-7H2. The van der Waals surface area contributed by atoms with Crippen LogP contribution in [0.5, 0.6) is 0 Å². The average Bonchev–Trinajstić information content (AvgIpc) is 2.26. The van der Waals surface area contributed by atoms with Gasteiger partial charge in [-0.2, -0.15) is 0 Å². The Hall–Kier alpha value is -1.26. The summed E-state index contributed by atoms with van der Waals surface area (Å²) in [6.07, 6.45) is 7.47. The molecule has 0 amide bonds. The SMILES string of the molecule is C1=CC2=COCOC23COCOC3=C1. The van der Waals surface area contributed by atoms with Crippen LogP contribution in [0.4, 0.5) is 0 Å². The van der Waals surface area contributed by atoms with E-state index in [4.69, 9.17) is 18.9 Å². The van der Waals surface area contributed by atoms with Gasteiger partial charge in [0, 0.05) is 5.57 Å². The molecule has 4 heteroatoms. The summed E-state index contributed by atoms with van der Waals surface area (Å²) >= 11 is 0. The lowest BCUT2D eigenvalue weighted by molar-refractivity contribution is -0.201. The summed E-state index contributed by atoms with van der Waals surface area (Å²) in [4.78, 5) is 0. The molecule has 0 saturated carbocycles. The zero-order chi connectivity index (χ0) is 9.43. The van der Waals surface area contributed by atoms with Gasteiger partial charge in [0.2, 0.25) is 0 Å². The van der Waals surface area contributed by atoms with Gasteiger partial charge >= 0.3 is 0 Å². The van der Waals surface area contributed by atoms with Crippen LogP contribution in [0.1, 0.15) is 0 Å². The van der Waals surface area contributed by atoms with Gasteiger partial charge in [0.05, 0.1) is 12.9 Å². The highest BCUT2D eigenvalue weighted by atomic mass is 16.7. The van der Waals surface area contributed by atoms with E-state index in [0.717, 1.165) is 11.3 Å². The summed E-state index contributed by atoms with van der Waals surface area (Å²) in [7, 11) is 0. The molecule has 4 nitrogen and oxygen atoms in total. The molecule has 1 atom stereocenters. The third-order valence-corrected chi connectivity index (χ3v) is 2.57. The molecule has 1 spiro atoms. The predicted molar refractivity (Wildman–Crippen MR) is 47.0 cm³/mol. The van der Waals surface area contributed by atoms with Crippen LogP contribution in [-0.4, -0.2) is 25.8 Å². The molecule has 1 saturated heterocycles. The Balaban J connectivity index is 2.08. The predicted octanol–water partition coefficient (Wildman–Crippen LogP) is 1.07. The zero-order valence-electron chi connectivity index (χ0n) is 7.56. The smallest absolute Gasteiger partial charge is 0.189 e. The Kier molecular flexibility index (Phi) is 1.65. The van der Waals surface area contributed by atoms with Crippen LogP contribution in [0.2, 0.25) is 0 Å². The normalized spacial score (nSPS) is 34.3. The van der Waals surface area contributed by atoms with Crippen molar-refractivity contribution in [3.63, 3.8) is 0 Å². The summed E-state index contributed by atoms with van der Waals surface area (Å²) in [5.74, 6) is 0.806. The van der Waals surface area contributed by atoms with E-state index in [1.807, 2.05) is 18.2 Å². The number of hydrogen-bond donors (Lipinski definition) is 0. The van der Waals surface area contributed by atoms with Crippen LogP contribution < -0.4 is 0 Å². The van der Waals surface area contributed by atoms with Gasteiger partial charge in [-0.25, -0.2) is 0 Å². The summed E-state index contributed by atoms with van der Waals surface area (Å²) in [5.41, 5.74) is 0.381. The molecule has 1 aliphatic carbocycles. The summed E-state index contributed by atoms with van der Waals surface area (Å²) in [5, 5.41) is 0. The Labute approximate surface area is 81.4 Å². The number of ether oxygens (including phenoxy) is 4. The Bertz CT molecular complexity index is 342. The van der Waals surface area contributed by atoms with E-state index >= 15 is 0 Å². The first-order chi connectivity index (χ1) is 6.92. The molecule has 74 valence electrons. The monoisotopic (exact) mass is 194 g/mol. The molecule has 3 aliphatic rings. The fraction of sp³-hybridized carbons (Fsp3) is 0.400. The van der Waals surface area contributed by atoms with Crippen molar-refractivity contribution in [3.05, 3.63) is 35.8 Å². The van der Waals surface area contributed by atoms with E-state index in [1.165, 1.54) is 0 Å². The van der Waals surface area contributed by atoms with Crippen LogP contribution in [-0.2, 0) is 18.9 Å². The molecule has 0 N–H and O–H groups in total. The molecule has 0 radical (unpaired) electrons. The number of allylic oxidation sites excluding steroid dienone is 2. The Morgan fingerprint density at radius 2 is 2.29 bits per heavy atom. The van der Waals surface area contributed by atoms with Gasteiger partial charge in [-0.05, 0) is 6.08 Å². The number of hydrogen-bond acceptors (Lipinski definition) is 4. The van der Waals surface area contributed by atoms with Gasteiger partial charge in [0.1, 0.15) is 5.76 Å². The van der Waals surface area contributed by atoms with Crippen molar-refractivity contribution in [2.45, 2.75) is 5.60 Å². The average molecular weight is 194 g/mol. The third kappa shape index (κ3) is 0.951. The fourth-order valence-electron chi connectivity index (χ4n) is 1.85. The van der Waals surface area contributed by atoms with Crippen LogP contribution in [0.3, 0.4) is 0 Å². The highest BCUT2D eigenvalue weighted by molar-refractivity contribution is 5.44. The van der Waals surface area contributed by atoms with Crippen molar-refractivity contribution in [3.8, 4) is 0 Å². The molecular weight excluding hydrogens is 184 g/mol. The van der Waals surface area contributed by atoms with Crippen molar-refractivity contribution < 1.29 is 18.9 Å². The van der Waals surface area contributed by atoms with Gasteiger partial charge < -0.3 is 18.9 Å². The Morgan fingerprint density at radius 3 is 3.29 bits per heavy atom. The molecule has 0 bridgehead atoms. The van der Waals surface area contributed by atoms with E-state index < -0.39 is 5.60 Å². The zero-order valence-corrected chi connectivity index (χ0v) is 7.56. The first-order valence-corrected chi connectivity index (χ1v) is 4.47. The minimum absolute atomic E-state index is 0.237. The van der Waals surface area contributed by atoms with Crippen LogP contribution in [0.15, 0.2) is 35.8 Å². The van der Waals surface area contributed by atoms with Crippen LogP contribution >= 0.6 is 0 Å². The van der Waals surface area contributed by atoms with Crippen molar-refractivity contribution in [1.29, 1.82) is 0 Å². The van der Waals surface area contributed by atoms with Gasteiger partial charge in [-0.1, -0.05) is 12.2 Å². The fourth-order valence-corrected chi connectivity index (χ4v) is 1.85. The topological polar surface area (TPSA) is 36.9 Å². The molecule has 1 unspecified atom stereocenters. The Morgan fingerprint density at radius 1 is 1.29 bits per heavy atom. The molecule has 14 heavy (non-hydrogen) atoms. The largest absolute Gasteiger partial charge is 0.475 e. The minimum Gasteiger partial charge on any atom is -0.475 e. The molecular formula is C10H10O4. The van der Waals surface area contributed by atoms with Crippen molar-refractivity contribution in [2.24, 2.45) is 0 Å². The quantitative estimate of drug-likeness (QED) is 0.578. The van der Waals surface area contributed by atoms with Crippen molar-refractivity contribution in [2.75, 3.05) is 20.2 Å². The lowest BCUT2D eigenvalue weighted by Gasteiger charge is -2.42. The first kappa shape index (κ1) is 8.08. The summed E-state index contributed by atoms with van der Waals surface area (Å²) in [6.45, 7) is 1.01. The van der Waals surface area contributed by atoms with Crippen molar-refractivity contribution in [1.82, 2.24) is 0 Å². The number of rotatable bonds is 0. The second kappa shape index (κ2) is 2.87. The highest BCUT2D eigenvalue weighted by Gasteiger charge is 2.46. The molecule has 0 aromatic rings. The van der Waals surface area contributed by atoms with Gasteiger partial charge in [-0.15, -0.1) is 0 Å². The lowest BCUT2D eigenvalue weighted by Crippen LogP contribution is -2.48. The van der Waals surface area contributed by atoms with Crippen LogP contribution in [0, 0.1) is 0 Å². The summed E-state index contributed by atoms with van der Waals surface area (Å²) in [6, 6.07) is 0. The van der Waals surface area contributed by atoms with E-state index in [9.17, 15) is 0 Å². The maximum absolute atomic E-state index is 5.61. The molecule has 3 rings (SSSR count). The van der Waals surface area contributed by atoms with Crippen molar-refractivity contribution >= 4 is 0 Å². The van der Waals surface area contributed by atoms with E-state index in [0.29, 0.717) is 13.4 Å². The highest BCUT2D eigenvalue weighted by Crippen LogP contribution is 2.39. The molecule has 0 aromatic heterocycles. The minimum atomic E-state index is -0.564. The molecule has 2 aliphatic heterocycles. The van der Waals surface area contributed by atoms with Gasteiger partial charge in [-0.3, -0.25) is 0 Å².